The molecule has 0 unspecified atom stereocenters. The quantitative estimate of drug-likeness (QED) is 0.141. The zero-order chi connectivity index (χ0) is 33.3. The lowest BCUT2D eigenvalue weighted by atomic mass is 10.0. The number of carbonyl (C=O) groups excluding carboxylic acids is 2. The molecule has 0 aliphatic rings. The predicted molar refractivity (Wildman–Crippen MR) is 186 cm³/mol. The molecule has 0 aliphatic heterocycles. The highest BCUT2D eigenvalue weighted by atomic mass is 35.5. The van der Waals surface area contributed by atoms with Gasteiger partial charge in [-0.05, 0) is 73.4 Å². The first kappa shape index (κ1) is 35.0. The van der Waals surface area contributed by atoms with Gasteiger partial charge in [0.25, 0.3) is 10.0 Å². The highest BCUT2D eigenvalue weighted by molar-refractivity contribution is 7.92. The molecule has 1 atom stereocenters. The summed E-state index contributed by atoms with van der Waals surface area (Å²) >= 11 is 12.7. The van der Waals surface area contributed by atoms with E-state index in [1.165, 1.54) is 23.1 Å². The lowest BCUT2D eigenvalue weighted by Gasteiger charge is -2.34. The number of nitrogens with one attached hydrogen (secondary N) is 1. The van der Waals surface area contributed by atoms with Gasteiger partial charge in [0.05, 0.1) is 10.6 Å². The van der Waals surface area contributed by atoms with Gasteiger partial charge < -0.3 is 10.2 Å². The number of carbonyl (C=O) groups is 2. The van der Waals surface area contributed by atoms with Crippen LogP contribution in [0, 0.1) is 13.8 Å². The lowest BCUT2D eigenvalue weighted by molar-refractivity contribution is -0.140. The molecule has 10 heteroatoms. The van der Waals surface area contributed by atoms with Crippen molar-refractivity contribution in [3.05, 3.63) is 129 Å². The van der Waals surface area contributed by atoms with Gasteiger partial charge in [-0.3, -0.25) is 13.9 Å². The first-order valence-corrected chi connectivity index (χ1v) is 17.4. The van der Waals surface area contributed by atoms with Gasteiger partial charge in [0.15, 0.2) is 0 Å². The van der Waals surface area contributed by atoms with Crippen molar-refractivity contribution in [2.45, 2.75) is 57.5 Å². The van der Waals surface area contributed by atoms with Crippen molar-refractivity contribution in [1.29, 1.82) is 0 Å². The zero-order valence-electron chi connectivity index (χ0n) is 26.2. The number of aryl methyl sites for hydroxylation is 2. The molecule has 4 rings (SSSR count). The molecule has 4 aromatic rings. The van der Waals surface area contributed by atoms with E-state index in [0.717, 1.165) is 28.3 Å². The molecule has 0 saturated carbocycles. The first-order chi connectivity index (χ1) is 22.0. The summed E-state index contributed by atoms with van der Waals surface area (Å²) in [5, 5.41) is 3.80. The normalized spacial score (nSPS) is 11.9. The summed E-state index contributed by atoms with van der Waals surface area (Å²) in [5.74, 6) is -0.874. The second-order valence-corrected chi connectivity index (χ2v) is 14.0. The molecule has 0 spiro atoms. The molecule has 0 aromatic heterocycles. The topological polar surface area (TPSA) is 86.8 Å². The third kappa shape index (κ3) is 9.12. The molecule has 1 N–H and O–H groups in total. The summed E-state index contributed by atoms with van der Waals surface area (Å²) in [6.07, 6.45) is 1.90. The second-order valence-electron chi connectivity index (χ2n) is 11.3. The molecule has 2 amide bonds. The van der Waals surface area contributed by atoms with Gasteiger partial charge in [-0.15, -0.1) is 0 Å². The third-order valence-corrected chi connectivity index (χ3v) is 9.91. The Bertz CT molecular complexity index is 1750. The Balaban J connectivity index is 1.82. The van der Waals surface area contributed by atoms with Crippen LogP contribution in [0.3, 0.4) is 0 Å². The van der Waals surface area contributed by atoms with Gasteiger partial charge in [-0.2, -0.15) is 0 Å². The van der Waals surface area contributed by atoms with Gasteiger partial charge in [-0.1, -0.05) is 103 Å². The number of unbranched alkanes of at least 4 members (excludes halogenated alkanes) is 1. The van der Waals surface area contributed by atoms with Crippen molar-refractivity contribution in [2.24, 2.45) is 0 Å². The number of sulfonamides is 1. The SMILES string of the molecule is CCCCNC(=O)[C@@H](Cc1ccccc1)N(Cc1cccc(Cl)c1)C(=O)CN(c1cc(Cl)ccc1C)S(=O)(=O)c1ccc(C)cc1. The summed E-state index contributed by atoms with van der Waals surface area (Å²) in [5.41, 5.74) is 3.35. The Hall–Kier alpha value is -3.85. The van der Waals surface area contributed by atoms with Crippen LogP contribution in [0.1, 0.15) is 42.0 Å². The Morgan fingerprint density at radius 3 is 2.17 bits per heavy atom. The van der Waals surface area contributed by atoms with Crippen molar-refractivity contribution < 1.29 is 18.0 Å². The summed E-state index contributed by atoms with van der Waals surface area (Å²) in [6, 6.07) is 26.9. The number of hydrogen-bond acceptors (Lipinski definition) is 4. The van der Waals surface area contributed by atoms with Gasteiger partial charge in [0, 0.05) is 29.6 Å². The average Bonchev–Trinajstić information content (AvgIpc) is 3.03. The van der Waals surface area contributed by atoms with Crippen molar-refractivity contribution in [3.63, 3.8) is 0 Å². The van der Waals surface area contributed by atoms with Gasteiger partial charge in [0.1, 0.15) is 12.6 Å². The van der Waals surface area contributed by atoms with E-state index in [0.29, 0.717) is 27.7 Å². The standard InChI is InChI=1S/C36H39Cl2N3O4S/c1-4-5-20-39-36(43)34(22-28-10-7-6-8-11-28)40(24-29-12-9-13-30(37)21-29)35(42)25-41(33-23-31(38)17-16-27(33)3)46(44,45)32-18-14-26(2)15-19-32/h6-19,21,23,34H,4-5,20,22,24-25H2,1-3H3,(H,39,43)/t34-/m1/s1. The number of rotatable bonds is 14. The highest BCUT2D eigenvalue weighted by Gasteiger charge is 2.35. The molecule has 4 aromatic carbocycles. The molecule has 0 bridgehead atoms. The molecule has 0 fully saturated rings. The van der Waals surface area contributed by atoms with Crippen LogP contribution in [-0.2, 0) is 32.6 Å². The van der Waals surface area contributed by atoms with Crippen molar-refractivity contribution in [1.82, 2.24) is 10.2 Å². The summed E-state index contributed by atoms with van der Waals surface area (Å²) < 4.78 is 29.6. The second kappa shape index (κ2) is 16.1. The van der Waals surface area contributed by atoms with E-state index in [2.05, 4.69) is 5.32 Å². The van der Waals surface area contributed by atoms with E-state index in [-0.39, 0.29) is 29.5 Å². The molecule has 0 heterocycles. The van der Waals surface area contributed by atoms with Crippen LogP contribution < -0.4 is 9.62 Å². The number of hydrogen-bond donors (Lipinski definition) is 1. The van der Waals surface area contributed by atoms with Crippen LogP contribution in [-0.4, -0.2) is 44.3 Å². The minimum atomic E-state index is -4.24. The number of amides is 2. The summed E-state index contributed by atoms with van der Waals surface area (Å²) in [7, 11) is -4.24. The molecular weight excluding hydrogens is 641 g/mol. The fourth-order valence-corrected chi connectivity index (χ4v) is 6.94. The summed E-state index contributed by atoms with van der Waals surface area (Å²) in [6.45, 7) is 5.58. The molecule has 0 radical (unpaired) electrons. The smallest absolute Gasteiger partial charge is 0.264 e. The molecule has 242 valence electrons. The maximum absolute atomic E-state index is 14.6. The van der Waals surface area contributed by atoms with E-state index in [1.54, 1.807) is 49.4 Å². The van der Waals surface area contributed by atoms with Crippen molar-refractivity contribution in [3.8, 4) is 0 Å². The van der Waals surface area contributed by atoms with Crippen molar-refractivity contribution >= 4 is 50.7 Å². The van der Waals surface area contributed by atoms with Crippen LogP contribution in [0.4, 0.5) is 5.69 Å². The van der Waals surface area contributed by atoms with Gasteiger partial charge >= 0.3 is 0 Å². The minimum Gasteiger partial charge on any atom is -0.354 e. The first-order valence-electron chi connectivity index (χ1n) is 15.2. The van der Waals surface area contributed by atoms with E-state index >= 15 is 0 Å². The fraction of sp³-hybridized carbons (Fsp3) is 0.278. The molecule has 0 saturated heterocycles. The maximum atomic E-state index is 14.6. The highest BCUT2D eigenvalue weighted by Crippen LogP contribution is 2.30. The van der Waals surface area contributed by atoms with E-state index in [9.17, 15) is 18.0 Å². The van der Waals surface area contributed by atoms with Gasteiger partial charge in [-0.25, -0.2) is 8.42 Å². The van der Waals surface area contributed by atoms with Gasteiger partial charge in [0.2, 0.25) is 11.8 Å². The number of nitrogens with zero attached hydrogens (tertiary/aromatic N) is 2. The monoisotopic (exact) mass is 679 g/mol. The largest absolute Gasteiger partial charge is 0.354 e. The zero-order valence-corrected chi connectivity index (χ0v) is 28.6. The Labute approximate surface area is 282 Å². The van der Waals surface area contributed by atoms with Crippen LogP contribution >= 0.6 is 23.2 Å². The predicted octanol–water partition coefficient (Wildman–Crippen LogP) is 7.36. The van der Waals surface area contributed by atoms with Crippen LogP contribution in [0.15, 0.2) is 102 Å². The number of halogens is 2. The van der Waals surface area contributed by atoms with Crippen molar-refractivity contribution in [2.75, 3.05) is 17.4 Å². The Morgan fingerprint density at radius 2 is 1.50 bits per heavy atom. The minimum absolute atomic E-state index is 0.0322. The van der Waals surface area contributed by atoms with E-state index < -0.39 is 28.5 Å². The van der Waals surface area contributed by atoms with Crippen LogP contribution in [0.2, 0.25) is 10.0 Å². The third-order valence-electron chi connectivity index (χ3n) is 7.67. The number of benzene rings is 4. The molecule has 7 nitrogen and oxygen atoms in total. The van der Waals surface area contributed by atoms with E-state index in [1.807, 2.05) is 50.2 Å². The van der Waals surface area contributed by atoms with Crippen LogP contribution in [0.5, 0.6) is 0 Å². The average molecular weight is 681 g/mol. The Morgan fingerprint density at radius 1 is 0.826 bits per heavy atom. The van der Waals surface area contributed by atoms with E-state index in [4.69, 9.17) is 23.2 Å². The maximum Gasteiger partial charge on any atom is 0.264 e. The van der Waals surface area contributed by atoms with Crippen LogP contribution in [0.25, 0.3) is 0 Å². The molecule has 46 heavy (non-hydrogen) atoms. The number of anilines is 1. The fourth-order valence-electron chi connectivity index (χ4n) is 5.09. The Kier molecular flexibility index (Phi) is 12.3. The lowest BCUT2D eigenvalue weighted by Crippen LogP contribution is -2.53. The molecule has 0 aliphatic carbocycles. The summed E-state index contributed by atoms with van der Waals surface area (Å²) in [4.78, 5) is 29.9. The molecular formula is C36H39Cl2N3O4S.